The van der Waals surface area contributed by atoms with Crippen LogP contribution >= 0.6 is 11.6 Å². The number of halogens is 1. The second-order valence-corrected chi connectivity index (χ2v) is 10.2. The van der Waals surface area contributed by atoms with Crippen LogP contribution in [0.3, 0.4) is 0 Å². The van der Waals surface area contributed by atoms with Gasteiger partial charge in [0.1, 0.15) is 0 Å². The minimum Gasteiger partial charge on any atom is -0.268 e. The van der Waals surface area contributed by atoms with E-state index in [1.165, 1.54) is 35.9 Å². The van der Waals surface area contributed by atoms with Gasteiger partial charge in [0, 0.05) is 11.1 Å². The lowest BCUT2D eigenvalue weighted by Crippen LogP contribution is -2.36. The minimum atomic E-state index is -4.16. The zero-order chi connectivity index (χ0) is 23.5. The Morgan fingerprint density at radius 2 is 1.56 bits per heavy atom. The molecule has 0 aliphatic heterocycles. The van der Waals surface area contributed by atoms with Crippen LogP contribution in [0.5, 0.6) is 0 Å². The molecule has 4 nitrogen and oxygen atoms in total. The van der Waals surface area contributed by atoms with E-state index in [1.807, 2.05) is 37.3 Å². The molecule has 0 heterocycles. The molecule has 0 aliphatic carbocycles. The molecule has 6 heteroatoms. The molecule has 3 aromatic carbocycles. The van der Waals surface area contributed by atoms with Gasteiger partial charge in [-0.25, -0.2) is 8.42 Å². The Bertz CT molecular complexity index is 1250. The van der Waals surface area contributed by atoms with Gasteiger partial charge in [-0.3, -0.25) is 4.79 Å². The summed E-state index contributed by atoms with van der Waals surface area (Å²) < 4.78 is 27.9. The van der Waals surface area contributed by atoms with E-state index in [0.717, 1.165) is 15.4 Å². The fourth-order valence-electron chi connectivity index (χ4n) is 3.24. The smallest absolute Gasteiger partial charge is 0.268 e. The number of carbonyl (C=O) groups excluding carboxylic acids is 1. The van der Waals surface area contributed by atoms with Crippen molar-refractivity contribution in [3.8, 4) is 0 Å². The van der Waals surface area contributed by atoms with Crippen LogP contribution in [0.2, 0.25) is 5.02 Å². The summed E-state index contributed by atoms with van der Waals surface area (Å²) >= 11 is 5.93. The number of hydrogen-bond donors (Lipinski definition) is 0. The summed E-state index contributed by atoms with van der Waals surface area (Å²) in [7, 11) is -4.16. The maximum Gasteiger partial charge on any atom is 0.271 e. The largest absolute Gasteiger partial charge is 0.271 e. The average molecular weight is 468 g/mol. The predicted molar refractivity (Wildman–Crippen MR) is 132 cm³/mol. The molecule has 3 aromatic rings. The van der Waals surface area contributed by atoms with E-state index in [1.54, 1.807) is 25.1 Å². The summed E-state index contributed by atoms with van der Waals surface area (Å²) in [5.74, 6) is -0.249. The average Bonchev–Trinajstić information content (AvgIpc) is 2.75. The van der Waals surface area contributed by atoms with E-state index < -0.39 is 15.9 Å². The van der Waals surface area contributed by atoms with Gasteiger partial charge in [-0.1, -0.05) is 61.8 Å². The monoisotopic (exact) mass is 467 g/mol. The highest BCUT2D eigenvalue weighted by atomic mass is 35.5. The van der Waals surface area contributed by atoms with Crippen molar-refractivity contribution in [1.29, 1.82) is 0 Å². The normalized spacial score (nSPS) is 11.8. The van der Waals surface area contributed by atoms with Crippen molar-refractivity contribution in [3.05, 3.63) is 100 Å². The van der Waals surface area contributed by atoms with Crippen molar-refractivity contribution in [2.45, 2.75) is 38.5 Å². The van der Waals surface area contributed by atoms with Gasteiger partial charge in [-0.05, 0) is 78.4 Å². The Hall–Kier alpha value is -2.89. The highest BCUT2D eigenvalue weighted by Crippen LogP contribution is 2.29. The summed E-state index contributed by atoms with van der Waals surface area (Å²) in [6.07, 6.45) is 2.92. The number of amides is 1. The number of aryl methyl sites for hydroxylation is 2. The van der Waals surface area contributed by atoms with Gasteiger partial charge in [-0.2, -0.15) is 4.31 Å². The Labute approximate surface area is 195 Å². The standard InChI is InChI=1S/C26H26ClNO3S/c1-18(2)22-10-7-21(8-11-22)9-16-26(29)28(25-17-19(3)5-6-20(25)4)32(30,31)24-14-12-23(27)13-15-24/h5-18H,1-4H3/b16-9+. The lowest BCUT2D eigenvalue weighted by atomic mass is 10.0. The van der Waals surface area contributed by atoms with E-state index in [-0.39, 0.29) is 4.90 Å². The van der Waals surface area contributed by atoms with Crippen molar-refractivity contribution in [2.75, 3.05) is 4.31 Å². The molecule has 1 amide bonds. The fraction of sp³-hybridized carbons (Fsp3) is 0.192. The molecular weight excluding hydrogens is 442 g/mol. The second kappa shape index (κ2) is 9.72. The van der Waals surface area contributed by atoms with Gasteiger partial charge >= 0.3 is 0 Å². The first kappa shape index (κ1) is 23.8. The highest BCUT2D eigenvalue weighted by Gasteiger charge is 2.31. The van der Waals surface area contributed by atoms with Crippen LogP contribution in [-0.4, -0.2) is 14.3 Å². The molecule has 0 unspecified atom stereocenters. The molecule has 0 aromatic heterocycles. The summed E-state index contributed by atoms with van der Waals surface area (Å²) in [4.78, 5) is 13.3. The molecule has 0 atom stereocenters. The third kappa shape index (κ3) is 5.29. The molecular formula is C26H26ClNO3S. The van der Waals surface area contributed by atoms with Crippen LogP contribution in [0, 0.1) is 13.8 Å². The van der Waals surface area contributed by atoms with Gasteiger partial charge in [0.25, 0.3) is 15.9 Å². The van der Waals surface area contributed by atoms with Crippen molar-refractivity contribution in [3.63, 3.8) is 0 Å². The molecule has 0 bridgehead atoms. The molecule has 0 aliphatic rings. The number of sulfonamides is 1. The summed E-state index contributed by atoms with van der Waals surface area (Å²) in [5, 5.41) is 0.415. The number of hydrogen-bond acceptors (Lipinski definition) is 3. The van der Waals surface area contributed by atoms with Gasteiger partial charge in [-0.15, -0.1) is 0 Å². The fourth-order valence-corrected chi connectivity index (χ4v) is 4.81. The molecule has 0 saturated carbocycles. The first-order valence-corrected chi connectivity index (χ1v) is 12.1. The van der Waals surface area contributed by atoms with Crippen LogP contribution in [0.25, 0.3) is 6.08 Å². The van der Waals surface area contributed by atoms with E-state index in [0.29, 0.717) is 22.2 Å². The zero-order valence-electron chi connectivity index (χ0n) is 18.5. The molecule has 3 rings (SSSR count). The Kier molecular flexibility index (Phi) is 7.22. The predicted octanol–water partition coefficient (Wildman–Crippen LogP) is 6.52. The highest BCUT2D eigenvalue weighted by molar-refractivity contribution is 7.93. The van der Waals surface area contributed by atoms with Gasteiger partial charge in [0.15, 0.2) is 0 Å². The van der Waals surface area contributed by atoms with Crippen LogP contribution in [0.4, 0.5) is 5.69 Å². The lowest BCUT2D eigenvalue weighted by Gasteiger charge is -2.23. The Balaban J connectivity index is 2.05. The number of nitrogens with zero attached hydrogens (tertiary/aromatic N) is 1. The molecule has 166 valence electrons. The summed E-state index contributed by atoms with van der Waals surface area (Å²) in [6, 6.07) is 19.0. The summed E-state index contributed by atoms with van der Waals surface area (Å²) in [5.41, 5.74) is 3.85. The Morgan fingerprint density at radius 1 is 0.938 bits per heavy atom. The number of anilines is 1. The quantitative estimate of drug-likeness (QED) is 0.388. The lowest BCUT2D eigenvalue weighted by molar-refractivity contribution is -0.113. The molecule has 0 saturated heterocycles. The van der Waals surface area contributed by atoms with Gasteiger partial charge in [0.05, 0.1) is 10.6 Å². The van der Waals surface area contributed by atoms with Gasteiger partial charge < -0.3 is 0 Å². The molecule has 0 radical (unpaired) electrons. The van der Waals surface area contributed by atoms with Crippen LogP contribution < -0.4 is 4.31 Å². The van der Waals surface area contributed by atoms with Crippen LogP contribution in [-0.2, 0) is 14.8 Å². The Morgan fingerprint density at radius 3 is 2.16 bits per heavy atom. The van der Waals surface area contributed by atoms with Crippen molar-refractivity contribution in [1.82, 2.24) is 0 Å². The molecule has 0 fully saturated rings. The maximum atomic E-state index is 13.5. The first-order chi connectivity index (χ1) is 15.1. The molecule has 0 N–H and O–H groups in total. The number of carbonyl (C=O) groups is 1. The van der Waals surface area contributed by atoms with Gasteiger partial charge in [0.2, 0.25) is 0 Å². The van der Waals surface area contributed by atoms with Crippen LogP contribution in [0.1, 0.15) is 42.0 Å². The van der Waals surface area contributed by atoms with E-state index in [9.17, 15) is 13.2 Å². The third-order valence-corrected chi connectivity index (χ3v) is 7.13. The molecule has 0 spiro atoms. The first-order valence-electron chi connectivity index (χ1n) is 10.3. The zero-order valence-corrected chi connectivity index (χ0v) is 20.1. The third-order valence-electron chi connectivity index (χ3n) is 5.16. The number of benzene rings is 3. The number of rotatable bonds is 6. The van der Waals surface area contributed by atoms with Crippen LogP contribution in [0.15, 0.2) is 77.7 Å². The molecule has 32 heavy (non-hydrogen) atoms. The van der Waals surface area contributed by atoms with Crippen molar-refractivity contribution in [2.24, 2.45) is 0 Å². The SMILES string of the molecule is Cc1ccc(C)c(N(C(=O)/C=C/c2ccc(C(C)C)cc2)S(=O)(=O)c2ccc(Cl)cc2)c1. The topological polar surface area (TPSA) is 54.5 Å². The van der Waals surface area contributed by atoms with Crippen molar-refractivity contribution >= 4 is 39.3 Å². The summed E-state index contributed by atoms with van der Waals surface area (Å²) in [6.45, 7) is 7.85. The van der Waals surface area contributed by atoms with E-state index in [2.05, 4.69) is 13.8 Å². The van der Waals surface area contributed by atoms with E-state index >= 15 is 0 Å². The minimum absolute atomic E-state index is 0.00848. The van der Waals surface area contributed by atoms with E-state index in [4.69, 9.17) is 11.6 Å². The van der Waals surface area contributed by atoms with Crippen molar-refractivity contribution < 1.29 is 13.2 Å². The second-order valence-electron chi connectivity index (χ2n) is 8.01. The maximum absolute atomic E-state index is 13.5.